The molecule has 0 spiro atoms. The molecule has 1 aromatic rings. The highest BCUT2D eigenvalue weighted by molar-refractivity contribution is 9.10. The molecular weight excluding hydrogens is 256 g/mol. The molecule has 1 fully saturated rings. The van der Waals surface area contributed by atoms with Gasteiger partial charge in [0.1, 0.15) is 5.82 Å². The van der Waals surface area contributed by atoms with Crippen molar-refractivity contribution >= 4 is 21.7 Å². The van der Waals surface area contributed by atoms with Crippen molar-refractivity contribution in [2.24, 2.45) is 5.92 Å². The predicted octanol–water partition coefficient (Wildman–Crippen LogP) is 2.05. The number of hydrogen-bond donors (Lipinski definition) is 1. The van der Waals surface area contributed by atoms with E-state index in [2.05, 4.69) is 25.8 Å². The highest BCUT2D eigenvalue weighted by Crippen LogP contribution is 2.29. The second kappa shape index (κ2) is 4.94. The molecule has 0 bridgehead atoms. The maximum Gasteiger partial charge on any atom is 0.142 e. The number of nitrogens with zero attached hydrogens (tertiary/aromatic N) is 2. The van der Waals surface area contributed by atoms with Crippen LogP contribution in [-0.4, -0.2) is 29.8 Å². The SMILES string of the molecule is OCCC1CCN(c2ncccc2Br)C1. The Morgan fingerprint density at radius 2 is 2.47 bits per heavy atom. The van der Waals surface area contributed by atoms with Crippen molar-refractivity contribution in [3.05, 3.63) is 22.8 Å². The fourth-order valence-corrected chi connectivity index (χ4v) is 2.56. The zero-order chi connectivity index (χ0) is 10.7. The molecule has 1 N–H and O–H groups in total. The van der Waals surface area contributed by atoms with Crippen molar-refractivity contribution in [3.63, 3.8) is 0 Å². The minimum absolute atomic E-state index is 0.294. The third kappa shape index (κ3) is 2.49. The largest absolute Gasteiger partial charge is 0.396 e. The molecule has 0 aliphatic carbocycles. The van der Waals surface area contributed by atoms with E-state index >= 15 is 0 Å². The van der Waals surface area contributed by atoms with Crippen LogP contribution in [0.1, 0.15) is 12.8 Å². The number of hydrogen-bond acceptors (Lipinski definition) is 3. The fraction of sp³-hybridized carbons (Fsp3) is 0.545. The number of rotatable bonds is 3. The van der Waals surface area contributed by atoms with Crippen molar-refractivity contribution < 1.29 is 5.11 Å². The molecule has 1 unspecified atom stereocenters. The van der Waals surface area contributed by atoms with Gasteiger partial charge in [0.25, 0.3) is 0 Å². The summed E-state index contributed by atoms with van der Waals surface area (Å²) in [5.74, 6) is 1.64. The lowest BCUT2D eigenvalue weighted by molar-refractivity contribution is 0.263. The van der Waals surface area contributed by atoms with Crippen LogP contribution in [0.5, 0.6) is 0 Å². The van der Waals surface area contributed by atoms with Crippen LogP contribution in [0.15, 0.2) is 22.8 Å². The van der Waals surface area contributed by atoms with Gasteiger partial charge in [-0.25, -0.2) is 4.98 Å². The summed E-state index contributed by atoms with van der Waals surface area (Å²) in [6.07, 6.45) is 3.88. The molecule has 0 aromatic carbocycles. The van der Waals surface area contributed by atoms with Gasteiger partial charge in [-0.1, -0.05) is 0 Å². The first-order chi connectivity index (χ1) is 7.31. The van der Waals surface area contributed by atoms with Crippen LogP contribution < -0.4 is 4.90 Å². The lowest BCUT2D eigenvalue weighted by Gasteiger charge is -2.18. The molecule has 82 valence electrons. The Balaban J connectivity index is 2.04. The molecule has 3 nitrogen and oxygen atoms in total. The van der Waals surface area contributed by atoms with E-state index in [0.29, 0.717) is 12.5 Å². The van der Waals surface area contributed by atoms with Crippen LogP contribution in [0.2, 0.25) is 0 Å². The number of anilines is 1. The second-order valence-electron chi connectivity index (χ2n) is 3.92. The first kappa shape index (κ1) is 10.9. The maximum atomic E-state index is 8.89. The second-order valence-corrected chi connectivity index (χ2v) is 4.78. The standard InChI is InChI=1S/C11H15BrN2O/c12-10-2-1-5-13-11(10)14-6-3-9(8-14)4-7-15/h1-2,5,9,15H,3-4,6-8H2. The van der Waals surface area contributed by atoms with Gasteiger partial charge in [-0.3, -0.25) is 0 Å². The third-order valence-electron chi connectivity index (χ3n) is 2.86. The predicted molar refractivity (Wildman–Crippen MR) is 64.0 cm³/mol. The number of aliphatic hydroxyl groups excluding tert-OH is 1. The van der Waals surface area contributed by atoms with Crippen molar-refractivity contribution in [2.75, 3.05) is 24.6 Å². The van der Waals surface area contributed by atoms with Crippen molar-refractivity contribution in [3.8, 4) is 0 Å². The molecule has 2 rings (SSSR count). The monoisotopic (exact) mass is 270 g/mol. The zero-order valence-electron chi connectivity index (χ0n) is 8.56. The molecule has 1 aliphatic rings. The first-order valence-corrected chi connectivity index (χ1v) is 6.07. The van der Waals surface area contributed by atoms with Crippen molar-refractivity contribution in [2.45, 2.75) is 12.8 Å². The Labute approximate surface area is 98.3 Å². The van der Waals surface area contributed by atoms with E-state index in [1.165, 1.54) is 0 Å². The average molecular weight is 271 g/mol. The topological polar surface area (TPSA) is 36.4 Å². The number of halogens is 1. The summed E-state index contributed by atoms with van der Waals surface area (Å²) in [5, 5.41) is 8.89. The summed E-state index contributed by atoms with van der Waals surface area (Å²) in [6, 6.07) is 3.94. The summed E-state index contributed by atoms with van der Waals surface area (Å²) in [7, 11) is 0. The van der Waals surface area contributed by atoms with E-state index in [0.717, 1.165) is 36.2 Å². The maximum absolute atomic E-state index is 8.89. The minimum atomic E-state index is 0.294. The Hall–Kier alpha value is -0.610. The molecule has 4 heteroatoms. The van der Waals surface area contributed by atoms with E-state index in [-0.39, 0.29) is 0 Å². The lowest BCUT2D eigenvalue weighted by Crippen LogP contribution is -2.21. The molecule has 0 amide bonds. The normalized spacial score (nSPS) is 20.9. The van der Waals surface area contributed by atoms with Crippen molar-refractivity contribution in [1.82, 2.24) is 4.98 Å². The highest BCUT2D eigenvalue weighted by Gasteiger charge is 2.23. The first-order valence-electron chi connectivity index (χ1n) is 5.27. The Kier molecular flexibility index (Phi) is 3.59. The van der Waals surface area contributed by atoms with E-state index in [1.54, 1.807) is 0 Å². The van der Waals surface area contributed by atoms with Gasteiger partial charge in [-0.05, 0) is 46.8 Å². The van der Waals surface area contributed by atoms with Crippen LogP contribution in [0.4, 0.5) is 5.82 Å². The van der Waals surface area contributed by atoms with E-state index < -0.39 is 0 Å². The molecule has 0 saturated carbocycles. The van der Waals surface area contributed by atoms with Gasteiger partial charge >= 0.3 is 0 Å². The van der Waals surface area contributed by atoms with E-state index in [4.69, 9.17) is 5.11 Å². The van der Waals surface area contributed by atoms with Crippen LogP contribution in [-0.2, 0) is 0 Å². The van der Waals surface area contributed by atoms with Gasteiger partial charge in [0.15, 0.2) is 0 Å². The zero-order valence-corrected chi connectivity index (χ0v) is 10.2. The van der Waals surface area contributed by atoms with Crippen LogP contribution in [0, 0.1) is 5.92 Å². The summed E-state index contributed by atoms with van der Waals surface area (Å²) in [6.45, 7) is 2.35. The highest BCUT2D eigenvalue weighted by atomic mass is 79.9. The van der Waals surface area contributed by atoms with Crippen LogP contribution >= 0.6 is 15.9 Å². The smallest absolute Gasteiger partial charge is 0.142 e. The Morgan fingerprint density at radius 3 is 3.20 bits per heavy atom. The average Bonchev–Trinajstić information content (AvgIpc) is 2.68. The van der Waals surface area contributed by atoms with E-state index in [1.807, 2.05) is 18.3 Å². The van der Waals surface area contributed by atoms with Gasteiger partial charge in [-0.15, -0.1) is 0 Å². The number of pyridine rings is 1. The molecule has 1 saturated heterocycles. The van der Waals surface area contributed by atoms with E-state index in [9.17, 15) is 0 Å². The summed E-state index contributed by atoms with van der Waals surface area (Å²) < 4.78 is 1.05. The van der Waals surface area contributed by atoms with Gasteiger partial charge in [-0.2, -0.15) is 0 Å². The molecular formula is C11H15BrN2O. The summed E-state index contributed by atoms with van der Waals surface area (Å²) in [5.41, 5.74) is 0. The van der Waals surface area contributed by atoms with Crippen LogP contribution in [0.25, 0.3) is 0 Å². The number of aromatic nitrogens is 1. The molecule has 1 aromatic heterocycles. The molecule has 15 heavy (non-hydrogen) atoms. The fourth-order valence-electron chi connectivity index (χ4n) is 2.05. The summed E-state index contributed by atoms with van der Waals surface area (Å²) in [4.78, 5) is 6.65. The van der Waals surface area contributed by atoms with Crippen LogP contribution in [0.3, 0.4) is 0 Å². The molecule has 2 heterocycles. The van der Waals surface area contributed by atoms with Gasteiger partial charge in [0.2, 0.25) is 0 Å². The van der Waals surface area contributed by atoms with Gasteiger partial charge < -0.3 is 10.0 Å². The molecule has 0 radical (unpaired) electrons. The van der Waals surface area contributed by atoms with Gasteiger partial charge in [0.05, 0.1) is 4.47 Å². The summed E-state index contributed by atoms with van der Waals surface area (Å²) >= 11 is 3.51. The molecule has 1 atom stereocenters. The quantitative estimate of drug-likeness (QED) is 0.914. The Morgan fingerprint density at radius 1 is 1.60 bits per heavy atom. The lowest BCUT2D eigenvalue weighted by atomic mass is 10.1. The third-order valence-corrected chi connectivity index (χ3v) is 3.48. The molecule has 1 aliphatic heterocycles. The van der Waals surface area contributed by atoms with Gasteiger partial charge in [0, 0.05) is 25.9 Å². The number of aliphatic hydroxyl groups is 1. The van der Waals surface area contributed by atoms with Crippen molar-refractivity contribution in [1.29, 1.82) is 0 Å². The Bertz CT molecular complexity index is 332. The minimum Gasteiger partial charge on any atom is -0.396 e.